The van der Waals surface area contributed by atoms with Crippen molar-refractivity contribution in [3.8, 4) is 0 Å². The minimum Gasteiger partial charge on any atom is -0.356 e. The minimum absolute atomic E-state index is 0.780. The summed E-state index contributed by atoms with van der Waals surface area (Å²) in [4.78, 5) is 4.49. The van der Waals surface area contributed by atoms with Crippen molar-refractivity contribution >= 4 is 27.4 Å². The van der Waals surface area contributed by atoms with Crippen LogP contribution in [0.3, 0.4) is 0 Å². The lowest BCUT2D eigenvalue weighted by Gasteiger charge is -2.06. The van der Waals surface area contributed by atoms with E-state index in [-0.39, 0.29) is 0 Å². The lowest BCUT2D eigenvalue weighted by Crippen LogP contribution is -2.00. The summed E-state index contributed by atoms with van der Waals surface area (Å²) < 4.78 is 4.35. The van der Waals surface area contributed by atoms with E-state index in [1.807, 2.05) is 0 Å². The molecule has 0 fully saturated rings. The zero-order valence-corrected chi connectivity index (χ0v) is 12.3. The van der Waals surface area contributed by atoms with Crippen LogP contribution >= 0.6 is 11.5 Å². The van der Waals surface area contributed by atoms with E-state index in [1.165, 1.54) is 27.9 Å². The number of hydrogen-bond donors (Lipinski definition) is 1. The average Bonchev–Trinajstić information content (AvgIpc) is 2.93. The summed E-state index contributed by atoms with van der Waals surface area (Å²) in [5, 5.41) is 6.85. The monoisotopic (exact) mass is 283 g/mol. The van der Waals surface area contributed by atoms with Gasteiger partial charge in [-0.1, -0.05) is 49.4 Å². The molecule has 0 spiro atoms. The molecule has 3 aromatic rings. The lowest BCUT2D eigenvalue weighted by atomic mass is 10.0. The molecule has 1 heterocycles. The fourth-order valence-corrected chi connectivity index (χ4v) is 2.88. The molecule has 3 rings (SSSR count). The molecule has 20 heavy (non-hydrogen) atoms. The lowest BCUT2D eigenvalue weighted by molar-refractivity contribution is 0.861. The van der Waals surface area contributed by atoms with Crippen molar-refractivity contribution in [1.29, 1.82) is 0 Å². The van der Waals surface area contributed by atoms with Gasteiger partial charge in [0, 0.05) is 24.5 Å². The van der Waals surface area contributed by atoms with Gasteiger partial charge in [-0.3, -0.25) is 0 Å². The highest BCUT2D eigenvalue weighted by Crippen LogP contribution is 2.20. The largest absolute Gasteiger partial charge is 0.356 e. The second kappa shape index (κ2) is 6.01. The summed E-state index contributed by atoms with van der Waals surface area (Å²) >= 11 is 1.44. The highest BCUT2D eigenvalue weighted by atomic mass is 32.1. The van der Waals surface area contributed by atoms with Crippen LogP contribution in [0.4, 0.5) is 5.13 Å². The maximum atomic E-state index is 4.49. The molecule has 0 saturated heterocycles. The van der Waals surface area contributed by atoms with Crippen LogP contribution in [0.1, 0.15) is 24.7 Å². The first-order valence-corrected chi connectivity index (χ1v) is 7.67. The molecule has 0 aliphatic rings. The Kier molecular flexibility index (Phi) is 3.92. The normalized spacial score (nSPS) is 10.8. The molecule has 1 aromatic heterocycles. The second-order valence-electron chi connectivity index (χ2n) is 4.76. The fourth-order valence-electron chi connectivity index (χ4n) is 2.27. The molecule has 1 N–H and O–H groups in total. The molecule has 4 heteroatoms. The van der Waals surface area contributed by atoms with Crippen molar-refractivity contribution in [2.45, 2.75) is 26.3 Å². The van der Waals surface area contributed by atoms with E-state index >= 15 is 0 Å². The van der Waals surface area contributed by atoms with Crippen molar-refractivity contribution in [2.24, 2.45) is 0 Å². The summed E-state index contributed by atoms with van der Waals surface area (Å²) in [5.74, 6) is 0.943. The molecule has 0 amide bonds. The molecule has 102 valence electrons. The number of benzene rings is 2. The maximum absolute atomic E-state index is 4.49. The third kappa shape index (κ3) is 2.80. The number of nitrogens with one attached hydrogen (secondary N) is 1. The quantitative estimate of drug-likeness (QED) is 0.760. The van der Waals surface area contributed by atoms with E-state index in [9.17, 15) is 0 Å². The predicted octanol–water partition coefficient (Wildman–Crippen LogP) is 4.26. The van der Waals surface area contributed by atoms with Gasteiger partial charge in [-0.25, -0.2) is 4.98 Å². The summed E-state index contributed by atoms with van der Waals surface area (Å²) in [6.07, 6.45) is 2.03. The average molecular weight is 283 g/mol. The number of hydrogen-bond acceptors (Lipinski definition) is 4. The molecular formula is C16H17N3S. The third-order valence-electron chi connectivity index (χ3n) is 3.25. The standard InChI is InChI=1S/C16H17N3S/c1-2-6-15-18-16(20-19-15)17-11-13-9-5-8-12-7-3-4-10-14(12)13/h3-5,7-10H,2,6,11H2,1H3,(H,17,18,19). The number of fused-ring (bicyclic) bond motifs is 1. The highest BCUT2D eigenvalue weighted by molar-refractivity contribution is 7.09. The van der Waals surface area contributed by atoms with Crippen LogP contribution in [0.15, 0.2) is 42.5 Å². The molecule has 3 nitrogen and oxygen atoms in total. The number of aryl methyl sites for hydroxylation is 1. The van der Waals surface area contributed by atoms with Gasteiger partial charge in [0.15, 0.2) is 0 Å². The Bertz CT molecular complexity index is 700. The van der Waals surface area contributed by atoms with E-state index in [1.54, 1.807) is 0 Å². The zero-order valence-electron chi connectivity index (χ0n) is 11.5. The second-order valence-corrected chi connectivity index (χ2v) is 5.51. The van der Waals surface area contributed by atoms with Gasteiger partial charge >= 0.3 is 0 Å². The third-order valence-corrected chi connectivity index (χ3v) is 3.96. The highest BCUT2D eigenvalue weighted by Gasteiger charge is 2.04. The molecule has 0 aliphatic heterocycles. The summed E-state index contributed by atoms with van der Waals surface area (Å²) in [6.45, 7) is 2.92. The van der Waals surface area contributed by atoms with Gasteiger partial charge in [0.2, 0.25) is 5.13 Å². The van der Waals surface area contributed by atoms with E-state index in [4.69, 9.17) is 0 Å². The Labute approximate surface area is 122 Å². The van der Waals surface area contributed by atoms with Crippen LogP contribution < -0.4 is 5.32 Å². The number of aromatic nitrogens is 2. The van der Waals surface area contributed by atoms with E-state index in [2.05, 4.69) is 64.1 Å². The smallest absolute Gasteiger partial charge is 0.202 e. The summed E-state index contributed by atoms with van der Waals surface area (Å²) in [5.41, 5.74) is 1.29. The first-order valence-electron chi connectivity index (χ1n) is 6.90. The van der Waals surface area contributed by atoms with Crippen molar-refractivity contribution in [3.05, 3.63) is 53.9 Å². The van der Waals surface area contributed by atoms with Gasteiger partial charge in [0.25, 0.3) is 0 Å². The van der Waals surface area contributed by atoms with E-state index in [0.717, 1.165) is 30.3 Å². The van der Waals surface area contributed by atoms with Crippen LogP contribution in [0, 0.1) is 0 Å². The van der Waals surface area contributed by atoms with Crippen molar-refractivity contribution in [1.82, 2.24) is 9.36 Å². The Hall–Kier alpha value is -1.94. The van der Waals surface area contributed by atoms with Gasteiger partial charge < -0.3 is 5.32 Å². The minimum atomic E-state index is 0.780. The molecule has 0 radical (unpaired) electrons. The van der Waals surface area contributed by atoms with Crippen molar-refractivity contribution in [2.75, 3.05) is 5.32 Å². The van der Waals surface area contributed by atoms with Gasteiger partial charge in [0.05, 0.1) is 0 Å². The summed E-state index contributed by atoms with van der Waals surface area (Å²) in [7, 11) is 0. The van der Waals surface area contributed by atoms with Crippen molar-refractivity contribution in [3.63, 3.8) is 0 Å². The van der Waals surface area contributed by atoms with Crippen LogP contribution in [0.25, 0.3) is 10.8 Å². The van der Waals surface area contributed by atoms with Gasteiger partial charge in [-0.15, -0.1) is 0 Å². The molecule has 0 bridgehead atoms. The Morgan fingerprint density at radius 2 is 1.95 bits per heavy atom. The Morgan fingerprint density at radius 3 is 2.85 bits per heavy atom. The van der Waals surface area contributed by atoms with Gasteiger partial charge in [-0.05, 0) is 22.8 Å². The predicted molar refractivity (Wildman–Crippen MR) is 85.2 cm³/mol. The molecule has 2 aromatic carbocycles. The van der Waals surface area contributed by atoms with Crippen LogP contribution in [-0.2, 0) is 13.0 Å². The number of nitrogens with zero attached hydrogens (tertiary/aromatic N) is 2. The molecular weight excluding hydrogens is 266 g/mol. The van der Waals surface area contributed by atoms with Gasteiger partial charge in [-0.2, -0.15) is 4.37 Å². The topological polar surface area (TPSA) is 37.8 Å². The van der Waals surface area contributed by atoms with E-state index < -0.39 is 0 Å². The molecule has 0 saturated carbocycles. The first-order chi connectivity index (χ1) is 9.86. The number of anilines is 1. The van der Waals surface area contributed by atoms with Crippen LogP contribution in [-0.4, -0.2) is 9.36 Å². The Morgan fingerprint density at radius 1 is 1.10 bits per heavy atom. The maximum Gasteiger partial charge on any atom is 0.202 e. The zero-order chi connectivity index (χ0) is 13.8. The Balaban J connectivity index is 1.76. The molecule has 0 aliphatic carbocycles. The summed E-state index contributed by atoms with van der Waals surface area (Å²) in [6, 6.07) is 14.9. The van der Waals surface area contributed by atoms with E-state index in [0.29, 0.717) is 0 Å². The SMILES string of the molecule is CCCc1nsc(NCc2cccc3ccccc23)n1. The van der Waals surface area contributed by atoms with Crippen molar-refractivity contribution < 1.29 is 0 Å². The first kappa shape index (κ1) is 13.1. The van der Waals surface area contributed by atoms with Crippen LogP contribution in [0.5, 0.6) is 0 Å². The fraction of sp³-hybridized carbons (Fsp3) is 0.250. The number of rotatable bonds is 5. The molecule has 0 unspecified atom stereocenters. The van der Waals surface area contributed by atoms with Crippen LogP contribution in [0.2, 0.25) is 0 Å². The van der Waals surface area contributed by atoms with Gasteiger partial charge in [0.1, 0.15) is 5.82 Å². The molecule has 0 atom stereocenters.